The van der Waals surface area contributed by atoms with Crippen molar-refractivity contribution < 1.29 is 18.3 Å². The monoisotopic (exact) mass is 328 g/mol. The summed E-state index contributed by atoms with van der Waals surface area (Å²) in [6.45, 7) is 8.50. The van der Waals surface area contributed by atoms with E-state index in [2.05, 4.69) is 10.6 Å². The lowest BCUT2D eigenvalue weighted by Crippen LogP contribution is -2.38. The van der Waals surface area contributed by atoms with E-state index in [4.69, 9.17) is 4.74 Å². The average Bonchev–Trinajstić information content (AvgIpc) is 2.41. The lowest BCUT2D eigenvalue weighted by Gasteiger charge is -2.22. The molecule has 2 N–H and O–H groups in total. The number of carbonyl (C=O) groups excluding carboxylic acids is 1. The van der Waals surface area contributed by atoms with E-state index in [1.54, 1.807) is 12.1 Å². The molecule has 1 rings (SSSR count). The van der Waals surface area contributed by atoms with Gasteiger partial charge in [-0.05, 0) is 52.3 Å². The minimum atomic E-state index is -2.45. The van der Waals surface area contributed by atoms with Crippen molar-refractivity contribution in [3.8, 4) is 0 Å². The van der Waals surface area contributed by atoms with Gasteiger partial charge in [0.15, 0.2) is 0 Å². The maximum atomic E-state index is 12.6. The molecule has 0 aliphatic rings. The number of nitrogens with one attached hydrogen (secondary N) is 2. The van der Waals surface area contributed by atoms with Crippen LogP contribution in [-0.2, 0) is 11.3 Å². The van der Waals surface area contributed by atoms with E-state index in [9.17, 15) is 13.6 Å². The summed E-state index contributed by atoms with van der Waals surface area (Å²) in [5.74, 6) is 0. The number of amides is 1. The number of alkyl carbamates (subject to hydrolysis) is 1. The molecule has 1 aromatic rings. The zero-order chi connectivity index (χ0) is 17.5. The van der Waals surface area contributed by atoms with Gasteiger partial charge in [0, 0.05) is 18.2 Å². The van der Waals surface area contributed by atoms with Gasteiger partial charge in [-0.25, -0.2) is 13.6 Å². The SMILES string of the molecule is CC(CCNCc1cccc(C(F)F)c1)NC(=O)OC(C)(C)C. The van der Waals surface area contributed by atoms with Gasteiger partial charge in [0.2, 0.25) is 0 Å². The lowest BCUT2D eigenvalue weighted by molar-refractivity contribution is 0.0506. The lowest BCUT2D eigenvalue weighted by atomic mass is 10.1. The third kappa shape index (κ3) is 8.50. The summed E-state index contributed by atoms with van der Waals surface area (Å²) >= 11 is 0. The van der Waals surface area contributed by atoms with Crippen LogP contribution in [0.3, 0.4) is 0 Å². The van der Waals surface area contributed by atoms with Crippen molar-refractivity contribution in [2.45, 2.75) is 58.7 Å². The average molecular weight is 328 g/mol. The highest BCUT2D eigenvalue weighted by atomic mass is 19.3. The first kappa shape index (κ1) is 19.4. The molecule has 0 bridgehead atoms. The van der Waals surface area contributed by atoms with Gasteiger partial charge in [-0.1, -0.05) is 18.2 Å². The molecule has 1 atom stereocenters. The molecule has 130 valence electrons. The highest BCUT2D eigenvalue weighted by Gasteiger charge is 2.17. The Kier molecular flexibility index (Phi) is 7.42. The van der Waals surface area contributed by atoms with Crippen LogP contribution in [0.4, 0.5) is 13.6 Å². The normalized spacial score (nSPS) is 13.0. The van der Waals surface area contributed by atoms with Crippen molar-refractivity contribution in [2.75, 3.05) is 6.54 Å². The van der Waals surface area contributed by atoms with E-state index in [0.29, 0.717) is 19.5 Å². The molecule has 1 aromatic carbocycles. The van der Waals surface area contributed by atoms with Crippen molar-refractivity contribution in [3.63, 3.8) is 0 Å². The summed E-state index contributed by atoms with van der Waals surface area (Å²) < 4.78 is 30.4. The van der Waals surface area contributed by atoms with E-state index in [1.807, 2.05) is 27.7 Å². The van der Waals surface area contributed by atoms with Crippen LogP contribution in [0.25, 0.3) is 0 Å². The summed E-state index contributed by atoms with van der Waals surface area (Å²) in [6.07, 6.45) is -2.17. The van der Waals surface area contributed by atoms with Gasteiger partial charge < -0.3 is 15.4 Å². The third-order valence-corrected chi connectivity index (χ3v) is 3.05. The first-order valence-electron chi connectivity index (χ1n) is 7.74. The Hall–Kier alpha value is -1.69. The maximum Gasteiger partial charge on any atom is 0.407 e. The van der Waals surface area contributed by atoms with Crippen LogP contribution in [0.1, 0.15) is 51.7 Å². The maximum absolute atomic E-state index is 12.6. The van der Waals surface area contributed by atoms with Crippen LogP contribution >= 0.6 is 0 Å². The highest BCUT2D eigenvalue weighted by Crippen LogP contribution is 2.19. The Morgan fingerprint density at radius 2 is 2.00 bits per heavy atom. The van der Waals surface area contributed by atoms with Crippen molar-refractivity contribution >= 4 is 6.09 Å². The number of rotatable bonds is 7. The minimum absolute atomic E-state index is 0.0317. The smallest absolute Gasteiger partial charge is 0.407 e. The summed E-state index contributed by atoms with van der Waals surface area (Å²) in [7, 11) is 0. The quantitative estimate of drug-likeness (QED) is 0.743. The molecule has 0 aliphatic carbocycles. The van der Waals surface area contributed by atoms with Crippen molar-refractivity contribution in [3.05, 3.63) is 35.4 Å². The van der Waals surface area contributed by atoms with E-state index in [0.717, 1.165) is 5.56 Å². The molecule has 23 heavy (non-hydrogen) atoms. The largest absolute Gasteiger partial charge is 0.444 e. The molecule has 6 heteroatoms. The zero-order valence-corrected chi connectivity index (χ0v) is 14.2. The summed E-state index contributed by atoms with van der Waals surface area (Å²) in [5.41, 5.74) is 0.331. The molecule has 1 amide bonds. The summed E-state index contributed by atoms with van der Waals surface area (Å²) in [4.78, 5) is 11.6. The van der Waals surface area contributed by atoms with Crippen LogP contribution in [-0.4, -0.2) is 24.3 Å². The molecule has 0 fully saturated rings. The summed E-state index contributed by atoms with van der Waals surface area (Å²) in [5, 5.41) is 5.94. The van der Waals surface area contributed by atoms with E-state index in [1.165, 1.54) is 12.1 Å². The molecule has 0 aromatic heterocycles. The Morgan fingerprint density at radius 1 is 1.30 bits per heavy atom. The fraction of sp³-hybridized carbons (Fsp3) is 0.588. The molecule has 0 aliphatic heterocycles. The topological polar surface area (TPSA) is 50.4 Å². The molecule has 0 saturated carbocycles. The molecular weight excluding hydrogens is 302 g/mol. The second kappa shape index (κ2) is 8.82. The third-order valence-electron chi connectivity index (χ3n) is 3.05. The van der Waals surface area contributed by atoms with E-state index in [-0.39, 0.29) is 11.6 Å². The van der Waals surface area contributed by atoms with Crippen LogP contribution in [0.15, 0.2) is 24.3 Å². The minimum Gasteiger partial charge on any atom is -0.444 e. The summed E-state index contributed by atoms with van der Waals surface area (Å²) in [6, 6.07) is 6.32. The van der Waals surface area contributed by atoms with Crippen molar-refractivity contribution in [1.82, 2.24) is 10.6 Å². The molecule has 1 unspecified atom stereocenters. The first-order valence-corrected chi connectivity index (χ1v) is 7.74. The van der Waals surface area contributed by atoms with Gasteiger partial charge in [-0.2, -0.15) is 0 Å². The Morgan fingerprint density at radius 3 is 2.61 bits per heavy atom. The van der Waals surface area contributed by atoms with E-state index >= 15 is 0 Å². The highest BCUT2D eigenvalue weighted by molar-refractivity contribution is 5.67. The Labute approximate surface area is 136 Å². The Balaban J connectivity index is 2.26. The Bertz CT molecular complexity index is 502. The van der Waals surface area contributed by atoms with Gasteiger partial charge in [-0.3, -0.25) is 0 Å². The van der Waals surface area contributed by atoms with Gasteiger partial charge in [0.05, 0.1) is 0 Å². The molecule has 4 nitrogen and oxygen atoms in total. The van der Waals surface area contributed by atoms with Crippen LogP contribution < -0.4 is 10.6 Å². The predicted octanol–water partition coefficient (Wildman–Crippen LogP) is 4.02. The molecule has 0 radical (unpaired) electrons. The van der Waals surface area contributed by atoms with Crippen LogP contribution in [0.2, 0.25) is 0 Å². The molecule has 0 heterocycles. The van der Waals surface area contributed by atoms with Crippen molar-refractivity contribution in [1.29, 1.82) is 0 Å². The second-order valence-corrected chi connectivity index (χ2v) is 6.56. The van der Waals surface area contributed by atoms with Crippen LogP contribution in [0, 0.1) is 0 Å². The van der Waals surface area contributed by atoms with Gasteiger partial charge in [0.25, 0.3) is 6.43 Å². The number of alkyl halides is 2. The number of carbonyl (C=O) groups is 1. The first-order chi connectivity index (χ1) is 10.7. The van der Waals surface area contributed by atoms with Crippen LogP contribution in [0.5, 0.6) is 0 Å². The fourth-order valence-corrected chi connectivity index (χ4v) is 1.97. The standard InChI is InChI=1S/C17H26F2N2O2/c1-12(21-16(22)23-17(2,3)4)8-9-20-11-13-6-5-7-14(10-13)15(18)19/h5-7,10,12,15,20H,8-9,11H2,1-4H3,(H,21,22). The zero-order valence-electron chi connectivity index (χ0n) is 14.2. The molecular formula is C17H26F2N2O2. The number of benzene rings is 1. The molecule has 0 saturated heterocycles. The number of hydrogen-bond acceptors (Lipinski definition) is 3. The van der Waals surface area contributed by atoms with Crippen molar-refractivity contribution in [2.24, 2.45) is 0 Å². The van der Waals surface area contributed by atoms with Gasteiger partial charge in [0.1, 0.15) is 5.60 Å². The fourth-order valence-electron chi connectivity index (χ4n) is 1.97. The number of hydrogen-bond donors (Lipinski definition) is 2. The number of ether oxygens (including phenoxy) is 1. The van der Waals surface area contributed by atoms with E-state index < -0.39 is 18.1 Å². The number of halogens is 2. The second-order valence-electron chi connectivity index (χ2n) is 6.56. The van der Waals surface area contributed by atoms with Gasteiger partial charge >= 0.3 is 6.09 Å². The van der Waals surface area contributed by atoms with Gasteiger partial charge in [-0.15, -0.1) is 0 Å². The molecule has 0 spiro atoms. The predicted molar refractivity (Wildman–Crippen MR) is 86.6 cm³/mol.